The lowest BCUT2D eigenvalue weighted by Crippen LogP contribution is -2.46. The van der Waals surface area contributed by atoms with Crippen molar-refractivity contribution in [2.24, 2.45) is 0 Å². The van der Waals surface area contributed by atoms with Crippen molar-refractivity contribution < 1.29 is 28.6 Å². The SMILES string of the molecule is Cc1[nH]c2ccc(C(=O)O)cc2c1CCCCN1CCN(c2ccccc2F)CC1.O=C(O)c1ccc2[nH]cc(CCCCN3CCN(c4ccccc4F)CC3)c2c1. The smallest absolute Gasteiger partial charge is 0.335 e. The van der Waals surface area contributed by atoms with Gasteiger partial charge in [0.25, 0.3) is 0 Å². The molecular formula is C47H54F2N6O4. The van der Waals surface area contributed by atoms with E-state index < -0.39 is 11.9 Å². The van der Waals surface area contributed by atoms with Gasteiger partial charge in [0, 0.05) is 86.1 Å². The highest BCUT2D eigenvalue weighted by atomic mass is 19.1. The lowest BCUT2D eigenvalue weighted by atomic mass is 10.0. The third-order valence-corrected chi connectivity index (χ3v) is 11.8. The molecule has 0 unspecified atom stereocenters. The van der Waals surface area contributed by atoms with E-state index in [0.29, 0.717) is 22.5 Å². The Morgan fingerprint density at radius 3 is 1.63 bits per heavy atom. The number of aromatic carboxylic acids is 2. The Morgan fingerprint density at radius 1 is 0.610 bits per heavy atom. The summed E-state index contributed by atoms with van der Waals surface area (Å²) in [6.45, 7) is 11.3. The second-order valence-electron chi connectivity index (χ2n) is 15.6. The average molecular weight is 805 g/mol. The number of halogens is 2. The van der Waals surface area contributed by atoms with Gasteiger partial charge in [0.2, 0.25) is 0 Å². The first-order chi connectivity index (χ1) is 28.6. The molecule has 2 saturated heterocycles. The highest BCUT2D eigenvalue weighted by Crippen LogP contribution is 2.27. The molecule has 0 amide bonds. The van der Waals surface area contributed by atoms with Crippen LogP contribution in [0.3, 0.4) is 0 Å². The molecule has 4 heterocycles. The lowest BCUT2D eigenvalue weighted by Gasteiger charge is -2.36. The number of nitrogens with zero attached hydrogens (tertiary/aromatic N) is 4. The summed E-state index contributed by atoms with van der Waals surface area (Å²) in [6, 6.07) is 24.5. The molecule has 4 aromatic carbocycles. The zero-order chi connectivity index (χ0) is 41.3. The van der Waals surface area contributed by atoms with E-state index in [2.05, 4.69) is 36.5 Å². The Labute approximate surface area is 344 Å². The number of piperazine rings is 2. The molecule has 0 spiro atoms. The van der Waals surface area contributed by atoms with Crippen molar-refractivity contribution in [2.75, 3.05) is 75.2 Å². The van der Waals surface area contributed by atoms with Gasteiger partial charge < -0.3 is 30.0 Å². The number of benzene rings is 4. The minimum atomic E-state index is -0.895. The molecule has 0 radical (unpaired) electrons. The van der Waals surface area contributed by atoms with Crippen LogP contribution in [-0.2, 0) is 12.8 Å². The number of aromatic nitrogens is 2. The maximum absolute atomic E-state index is 14.0. The van der Waals surface area contributed by atoms with E-state index in [4.69, 9.17) is 0 Å². The molecular weight excluding hydrogens is 751 g/mol. The van der Waals surface area contributed by atoms with E-state index in [1.807, 2.05) is 42.6 Å². The van der Waals surface area contributed by atoms with Gasteiger partial charge in [-0.2, -0.15) is 0 Å². The Hall–Kier alpha value is -5.72. The minimum absolute atomic E-state index is 0.147. The number of hydrogen-bond acceptors (Lipinski definition) is 6. The first-order valence-corrected chi connectivity index (χ1v) is 20.8. The molecule has 6 aromatic rings. The van der Waals surface area contributed by atoms with Crippen LogP contribution in [0.2, 0.25) is 0 Å². The predicted molar refractivity (Wildman–Crippen MR) is 231 cm³/mol. The number of carboxylic acids is 2. The fraction of sp³-hybridized carbons (Fsp3) is 0.362. The summed E-state index contributed by atoms with van der Waals surface area (Å²) < 4.78 is 27.9. The van der Waals surface area contributed by atoms with Gasteiger partial charge in [-0.15, -0.1) is 0 Å². The number of H-pyrrole nitrogens is 2. The Balaban J connectivity index is 0.000000179. The van der Waals surface area contributed by atoms with Gasteiger partial charge >= 0.3 is 11.9 Å². The van der Waals surface area contributed by atoms with E-state index in [-0.39, 0.29) is 11.6 Å². The van der Waals surface area contributed by atoms with E-state index >= 15 is 0 Å². The quantitative estimate of drug-likeness (QED) is 0.0809. The molecule has 0 aliphatic carbocycles. The second-order valence-corrected chi connectivity index (χ2v) is 15.6. The van der Waals surface area contributed by atoms with E-state index in [1.54, 1.807) is 36.4 Å². The first kappa shape index (κ1) is 41.4. The molecule has 12 heteroatoms. The monoisotopic (exact) mass is 804 g/mol. The standard InChI is InChI=1S/C24H28FN3O2.C23H26FN3O2/c1-17-19(20-16-18(24(29)30)9-10-22(20)26-17)6-4-5-11-27-12-14-28(15-13-27)23-8-3-2-7-21(23)25;24-20-6-1-2-7-22(20)27-13-11-26(12-14-27)10-4-3-5-18-16-25-21-9-8-17(23(28)29)15-19(18)21/h2-3,7-10,16,26H,4-6,11-15H2,1H3,(H,29,30);1-2,6-9,15-16,25H,3-5,10-14H2,(H,28,29). The van der Waals surface area contributed by atoms with Gasteiger partial charge in [-0.3, -0.25) is 9.80 Å². The van der Waals surface area contributed by atoms with Crippen LogP contribution in [0.15, 0.2) is 91.1 Å². The van der Waals surface area contributed by atoms with Crippen molar-refractivity contribution in [3.63, 3.8) is 0 Å². The zero-order valence-electron chi connectivity index (χ0n) is 33.7. The topological polar surface area (TPSA) is 119 Å². The second kappa shape index (κ2) is 19.4. The fourth-order valence-electron chi connectivity index (χ4n) is 8.49. The molecule has 0 atom stereocenters. The Morgan fingerprint density at radius 2 is 1.10 bits per heavy atom. The number of anilines is 2. The molecule has 310 valence electrons. The van der Waals surface area contributed by atoms with Crippen LogP contribution in [0.25, 0.3) is 21.8 Å². The van der Waals surface area contributed by atoms with Gasteiger partial charge in [-0.25, -0.2) is 18.4 Å². The number of para-hydroxylation sites is 2. The predicted octanol–water partition coefficient (Wildman–Crippen LogP) is 8.61. The summed E-state index contributed by atoms with van der Waals surface area (Å²) in [5.41, 5.74) is 7.54. The molecule has 2 aromatic heterocycles. The zero-order valence-corrected chi connectivity index (χ0v) is 33.7. The summed E-state index contributed by atoms with van der Waals surface area (Å²) in [7, 11) is 0. The van der Waals surface area contributed by atoms with Crippen molar-refractivity contribution in [2.45, 2.75) is 45.4 Å². The molecule has 0 bridgehead atoms. The average Bonchev–Trinajstić information content (AvgIpc) is 3.80. The van der Waals surface area contributed by atoms with Gasteiger partial charge in [0.1, 0.15) is 11.6 Å². The number of nitrogens with one attached hydrogen (secondary N) is 2. The molecule has 0 saturated carbocycles. The van der Waals surface area contributed by atoms with Crippen LogP contribution in [0, 0.1) is 18.6 Å². The maximum Gasteiger partial charge on any atom is 0.335 e. The number of fused-ring (bicyclic) bond motifs is 2. The molecule has 10 nitrogen and oxygen atoms in total. The summed E-state index contributed by atoms with van der Waals surface area (Å²) in [4.78, 5) is 38.2. The number of carboxylic acid groups (broad SMARTS) is 2. The van der Waals surface area contributed by atoms with Crippen molar-refractivity contribution >= 4 is 45.1 Å². The number of aryl methyl sites for hydroxylation is 3. The molecule has 59 heavy (non-hydrogen) atoms. The van der Waals surface area contributed by atoms with Gasteiger partial charge in [0.05, 0.1) is 22.5 Å². The Kier molecular flexibility index (Phi) is 13.6. The third-order valence-electron chi connectivity index (χ3n) is 11.8. The van der Waals surface area contributed by atoms with E-state index in [9.17, 15) is 28.6 Å². The summed E-state index contributed by atoms with van der Waals surface area (Å²) in [6.07, 6.45) is 8.14. The fourth-order valence-corrected chi connectivity index (χ4v) is 8.49. The minimum Gasteiger partial charge on any atom is -0.478 e. The normalized spacial score (nSPS) is 15.1. The number of carbonyl (C=O) groups is 2. The molecule has 8 rings (SSSR count). The maximum atomic E-state index is 14.0. The highest BCUT2D eigenvalue weighted by Gasteiger charge is 2.21. The van der Waals surface area contributed by atoms with Crippen molar-refractivity contribution in [1.29, 1.82) is 0 Å². The largest absolute Gasteiger partial charge is 0.478 e. The summed E-state index contributed by atoms with van der Waals surface area (Å²) >= 11 is 0. The van der Waals surface area contributed by atoms with Crippen LogP contribution in [0.1, 0.15) is 63.2 Å². The number of hydrogen-bond donors (Lipinski definition) is 4. The highest BCUT2D eigenvalue weighted by molar-refractivity contribution is 5.95. The molecule has 4 N–H and O–H groups in total. The first-order valence-electron chi connectivity index (χ1n) is 20.8. The van der Waals surface area contributed by atoms with Crippen molar-refractivity contribution in [3.05, 3.63) is 131 Å². The van der Waals surface area contributed by atoms with Gasteiger partial charge in [-0.05, 0) is 130 Å². The van der Waals surface area contributed by atoms with Crippen molar-refractivity contribution in [3.8, 4) is 0 Å². The summed E-state index contributed by atoms with van der Waals surface area (Å²) in [5, 5.41) is 20.5. The molecule has 2 aliphatic heterocycles. The Bertz CT molecular complexity index is 2360. The molecule has 2 fully saturated rings. The van der Waals surface area contributed by atoms with Crippen LogP contribution in [0.5, 0.6) is 0 Å². The van der Waals surface area contributed by atoms with E-state index in [0.717, 1.165) is 131 Å². The summed E-state index contributed by atoms with van der Waals surface area (Å²) in [5.74, 6) is -2.08. The molecule has 2 aliphatic rings. The van der Waals surface area contributed by atoms with Gasteiger partial charge in [0.15, 0.2) is 0 Å². The van der Waals surface area contributed by atoms with E-state index in [1.165, 1.54) is 23.3 Å². The van der Waals surface area contributed by atoms with Crippen LogP contribution in [-0.4, -0.2) is 107 Å². The van der Waals surface area contributed by atoms with Crippen LogP contribution in [0.4, 0.5) is 20.2 Å². The number of rotatable bonds is 14. The number of aromatic amines is 2. The van der Waals surface area contributed by atoms with Gasteiger partial charge in [-0.1, -0.05) is 24.3 Å². The third kappa shape index (κ3) is 10.3. The lowest BCUT2D eigenvalue weighted by molar-refractivity contribution is 0.0686. The van der Waals surface area contributed by atoms with Crippen molar-refractivity contribution in [1.82, 2.24) is 19.8 Å². The van der Waals surface area contributed by atoms with Crippen LogP contribution < -0.4 is 9.80 Å². The van der Waals surface area contributed by atoms with Crippen LogP contribution >= 0.6 is 0 Å². The number of unbranched alkanes of at least 4 members (excludes halogenated alkanes) is 2.